The number of benzene rings is 2. The van der Waals surface area contributed by atoms with Crippen molar-refractivity contribution in [2.45, 2.75) is 24.7 Å². The standard InChI is InChI=1S/C20H26N2O5S/c1-14(2)15-9-10-18(27-5)19(11-15)28(24,25)22(3)13-20(23)21-16-7-6-8-17(12-16)26-4/h6-12,14H,13H2,1-5H3,(H,21,23). The minimum absolute atomic E-state index is 0.0397. The van der Waals surface area contributed by atoms with E-state index in [1.807, 2.05) is 19.9 Å². The molecule has 1 amide bonds. The van der Waals surface area contributed by atoms with Crippen molar-refractivity contribution in [3.63, 3.8) is 0 Å². The molecule has 2 rings (SSSR count). The second-order valence-corrected chi connectivity index (χ2v) is 8.62. The maximum atomic E-state index is 13.0. The van der Waals surface area contributed by atoms with Gasteiger partial charge in [0.1, 0.15) is 16.4 Å². The molecular weight excluding hydrogens is 380 g/mol. The number of nitrogens with one attached hydrogen (secondary N) is 1. The highest BCUT2D eigenvalue weighted by atomic mass is 32.2. The van der Waals surface area contributed by atoms with E-state index in [9.17, 15) is 13.2 Å². The average molecular weight is 407 g/mol. The highest BCUT2D eigenvalue weighted by Gasteiger charge is 2.27. The highest BCUT2D eigenvalue weighted by molar-refractivity contribution is 7.89. The number of methoxy groups -OCH3 is 2. The van der Waals surface area contributed by atoms with Crippen molar-refractivity contribution < 1.29 is 22.7 Å². The van der Waals surface area contributed by atoms with Crippen LogP contribution in [-0.4, -0.2) is 46.4 Å². The van der Waals surface area contributed by atoms with Gasteiger partial charge >= 0.3 is 0 Å². The van der Waals surface area contributed by atoms with Gasteiger partial charge in [-0.3, -0.25) is 4.79 Å². The molecule has 0 heterocycles. The molecule has 0 spiro atoms. The van der Waals surface area contributed by atoms with Crippen molar-refractivity contribution in [1.82, 2.24) is 4.31 Å². The summed E-state index contributed by atoms with van der Waals surface area (Å²) in [5, 5.41) is 2.67. The Hall–Kier alpha value is -2.58. The second-order valence-electron chi connectivity index (χ2n) is 6.61. The van der Waals surface area contributed by atoms with Gasteiger partial charge in [-0.15, -0.1) is 0 Å². The molecule has 2 aromatic carbocycles. The summed E-state index contributed by atoms with van der Waals surface area (Å²) in [5.74, 6) is 0.526. The van der Waals surface area contributed by atoms with Crippen molar-refractivity contribution in [3.05, 3.63) is 48.0 Å². The molecule has 0 aliphatic rings. The number of ether oxygens (including phenoxy) is 2. The highest BCUT2D eigenvalue weighted by Crippen LogP contribution is 2.30. The number of rotatable bonds is 8. The van der Waals surface area contributed by atoms with Gasteiger partial charge in [0.05, 0.1) is 20.8 Å². The van der Waals surface area contributed by atoms with E-state index in [4.69, 9.17) is 9.47 Å². The van der Waals surface area contributed by atoms with Gasteiger partial charge in [0.2, 0.25) is 15.9 Å². The molecule has 0 aromatic heterocycles. The van der Waals surface area contributed by atoms with Crippen LogP contribution < -0.4 is 14.8 Å². The van der Waals surface area contributed by atoms with Gasteiger partial charge in [0, 0.05) is 18.8 Å². The van der Waals surface area contributed by atoms with Crippen LogP contribution in [0.25, 0.3) is 0 Å². The van der Waals surface area contributed by atoms with Crippen LogP contribution >= 0.6 is 0 Å². The Bertz CT molecular complexity index is 941. The van der Waals surface area contributed by atoms with Crippen LogP contribution in [0.3, 0.4) is 0 Å². The minimum Gasteiger partial charge on any atom is -0.497 e. The number of sulfonamides is 1. The number of hydrogen-bond acceptors (Lipinski definition) is 5. The molecule has 0 aliphatic heterocycles. The lowest BCUT2D eigenvalue weighted by atomic mass is 10.0. The van der Waals surface area contributed by atoms with Crippen LogP contribution in [0.2, 0.25) is 0 Å². The lowest BCUT2D eigenvalue weighted by Gasteiger charge is -2.20. The van der Waals surface area contributed by atoms with E-state index in [1.54, 1.807) is 36.4 Å². The van der Waals surface area contributed by atoms with Crippen LogP contribution in [0, 0.1) is 0 Å². The number of likely N-dealkylation sites (N-methyl/N-ethyl adjacent to an activating group) is 1. The number of hydrogen-bond donors (Lipinski definition) is 1. The maximum absolute atomic E-state index is 13.0. The first kappa shape index (κ1) is 21.7. The van der Waals surface area contributed by atoms with E-state index in [0.717, 1.165) is 9.87 Å². The predicted molar refractivity (Wildman–Crippen MR) is 109 cm³/mol. The quantitative estimate of drug-likeness (QED) is 0.728. The summed E-state index contributed by atoms with van der Waals surface area (Å²) < 4.78 is 37.4. The molecule has 0 aliphatic carbocycles. The zero-order valence-electron chi connectivity index (χ0n) is 16.7. The molecular formula is C20H26N2O5S. The third-order valence-electron chi connectivity index (χ3n) is 4.26. The minimum atomic E-state index is -3.92. The summed E-state index contributed by atoms with van der Waals surface area (Å²) in [6.45, 7) is 3.61. The van der Waals surface area contributed by atoms with Crippen LogP contribution in [0.1, 0.15) is 25.3 Å². The zero-order valence-corrected chi connectivity index (χ0v) is 17.5. The first-order valence-electron chi connectivity index (χ1n) is 8.77. The van der Waals surface area contributed by atoms with Crippen LogP contribution in [0.5, 0.6) is 11.5 Å². The fourth-order valence-corrected chi connectivity index (χ4v) is 3.92. The second kappa shape index (κ2) is 9.07. The van der Waals surface area contributed by atoms with Crippen LogP contribution in [0.15, 0.2) is 47.4 Å². The van der Waals surface area contributed by atoms with Gasteiger partial charge in [-0.05, 0) is 35.7 Å². The lowest BCUT2D eigenvalue weighted by molar-refractivity contribution is -0.116. The molecule has 0 radical (unpaired) electrons. The Kier molecular flexibility index (Phi) is 7.04. The largest absolute Gasteiger partial charge is 0.497 e. The van der Waals surface area contributed by atoms with Gasteiger partial charge in [-0.2, -0.15) is 4.31 Å². The van der Waals surface area contributed by atoms with Gasteiger partial charge in [-0.25, -0.2) is 8.42 Å². The molecule has 7 nitrogen and oxygen atoms in total. The van der Waals surface area contributed by atoms with E-state index in [0.29, 0.717) is 11.4 Å². The predicted octanol–water partition coefficient (Wildman–Crippen LogP) is 3.09. The van der Waals surface area contributed by atoms with Crippen molar-refractivity contribution in [2.75, 3.05) is 33.1 Å². The summed E-state index contributed by atoms with van der Waals surface area (Å²) in [6, 6.07) is 11.9. The fourth-order valence-electron chi connectivity index (χ4n) is 2.61. The van der Waals surface area contributed by atoms with Gasteiger partial charge in [0.15, 0.2) is 0 Å². The van der Waals surface area contributed by atoms with Crippen LogP contribution in [-0.2, 0) is 14.8 Å². The molecule has 28 heavy (non-hydrogen) atoms. The fraction of sp³-hybridized carbons (Fsp3) is 0.350. The lowest BCUT2D eigenvalue weighted by Crippen LogP contribution is -2.35. The Morgan fingerprint density at radius 1 is 1.11 bits per heavy atom. The monoisotopic (exact) mass is 406 g/mol. The first-order chi connectivity index (χ1) is 13.2. The normalized spacial score (nSPS) is 11.5. The Morgan fingerprint density at radius 2 is 1.82 bits per heavy atom. The number of carbonyl (C=O) groups is 1. The summed E-state index contributed by atoms with van der Waals surface area (Å²) in [5.41, 5.74) is 1.39. The van der Waals surface area contributed by atoms with Gasteiger partial charge < -0.3 is 14.8 Å². The molecule has 0 unspecified atom stereocenters. The van der Waals surface area contributed by atoms with E-state index in [1.165, 1.54) is 21.3 Å². The van der Waals surface area contributed by atoms with Crippen molar-refractivity contribution in [2.24, 2.45) is 0 Å². The third-order valence-corrected chi connectivity index (χ3v) is 6.09. The SMILES string of the molecule is COc1cccc(NC(=O)CN(C)S(=O)(=O)c2cc(C(C)C)ccc2OC)c1. The van der Waals surface area contributed by atoms with Crippen molar-refractivity contribution >= 4 is 21.6 Å². The maximum Gasteiger partial charge on any atom is 0.246 e. The van der Waals surface area contributed by atoms with E-state index < -0.39 is 15.9 Å². The Labute approximate surface area is 166 Å². The first-order valence-corrected chi connectivity index (χ1v) is 10.2. The molecule has 1 N–H and O–H groups in total. The zero-order chi connectivity index (χ0) is 20.9. The molecule has 0 saturated heterocycles. The van der Waals surface area contributed by atoms with Gasteiger partial charge in [-0.1, -0.05) is 26.0 Å². The molecule has 0 bridgehead atoms. The Morgan fingerprint density at radius 3 is 2.43 bits per heavy atom. The molecule has 152 valence electrons. The average Bonchev–Trinajstić information content (AvgIpc) is 2.67. The molecule has 0 atom stereocenters. The smallest absolute Gasteiger partial charge is 0.246 e. The van der Waals surface area contributed by atoms with E-state index in [-0.39, 0.29) is 23.1 Å². The summed E-state index contributed by atoms with van der Waals surface area (Å²) in [4.78, 5) is 12.4. The molecule has 0 saturated carbocycles. The summed E-state index contributed by atoms with van der Waals surface area (Å²) in [6.07, 6.45) is 0. The van der Waals surface area contributed by atoms with Crippen molar-refractivity contribution in [1.29, 1.82) is 0 Å². The molecule has 0 fully saturated rings. The Balaban J connectivity index is 2.21. The summed E-state index contributed by atoms with van der Waals surface area (Å²) in [7, 11) is 0.391. The molecule has 8 heteroatoms. The third kappa shape index (κ3) is 5.02. The van der Waals surface area contributed by atoms with Gasteiger partial charge in [0.25, 0.3) is 0 Å². The van der Waals surface area contributed by atoms with Crippen molar-refractivity contribution in [3.8, 4) is 11.5 Å². The van der Waals surface area contributed by atoms with E-state index >= 15 is 0 Å². The number of anilines is 1. The number of nitrogens with zero attached hydrogens (tertiary/aromatic N) is 1. The number of carbonyl (C=O) groups excluding carboxylic acids is 1. The number of amides is 1. The van der Waals surface area contributed by atoms with E-state index in [2.05, 4.69) is 5.32 Å². The molecule has 2 aromatic rings. The summed E-state index contributed by atoms with van der Waals surface area (Å²) >= 11 is 0. The topological polar surface area (TPSA) is 84.9 Å². The van der Waals surface area contributed by atoms with Crippen LogP contribution in [0.4, 0.5) is 5.69 Å².